The van der Waals surface area contributed by atoms with E-state index in [1.807, 2.05) is 0 Å². The van der Waals surface area contributed by atoms with E-state index in [0.29, 0.717) is 35.2 Å². The van der Waals surface area contributed by atoms with Gasteiger partial charge in [0.05, 0.1) is 28.8 Å². The Morgan fingerprint density at radius 2 is 1.94 bits per heavy atom. The van der Waals surface area contributed by atoms with Crippen LogP contribution in [0.25, 0.3) is 0 Å². The van der Waals surface area contributed by atoms with E-state index in [1.54, 1.807) is 36.4 Å². The maximum absolute atomic E-state index is 13.3. The fourth-order valence-electron chi connectivity index (χ4n) is 3.66. The first kappa shape index (κ1) is 22.3. The first-order chi connectivity index (χ1) is 15.4. The van der Waals surface area contributed by atoms with Gasteiger partial charge in [-0.3, -0.25) is 4.79 Å². The lowest BCUT2D eigenvalue weighted by atomic mass is 10.0. The maximum Gasteiger partial charge on any atom is 0.277 e. The van der Waals surface area contributed by atoms with E-state index in [0.717, 1.165) is 12.8 Å². The summed E-state index contributed by atoms with van der Waals surface area (Å²) in [6, 6.07) is 14.0. The quantitative estimate of drug-likeness (QED) is 0.563. The number of ether oxygens (including phenoxy) is 1. The average molecular weight is 476 g/mol. The van der Waals surface area contributed by atoms with Gasteiger partial charge in [0.25, 0.3) is 5.91 Å². The van der Waals surface area contributed by atoms with Crippen LogP contribution in [0, 0.1) is 0 Å². The SMILES string of the molecule is COc1ccc(S(=O)(=O)N2CCCCC2c2cc(C(=O)Nc3ccccc3Cl)no2)cc1. The molecule has 1 aromatic heterocycles. The Labute approximate surface area is 191 Å². The van der Waals surface area contributed by atoms with Crippen molar-refractivity contribution < 1.29 is 22.5 Å². The number of carbonyl (C=O) groups is 1. The molecule has 1 fully saturated rings. The molecule has 168 valence electrons. The first-order valence-electron chi connectivity index (χ1n) is 10.1. The zero-order chi connectivity index (χ0) is 22.7. The number of nitrogens with zero attached hydrogens (tertiary/aromatic N) is 2. The van der Waals surface area contributed by atoms with E-state index < -0.39 is 22.0 Å². The van der Waals surface area contributed by atoms with E-state index in [9.17, 15) is 13.2 Å². The van der Waals surface area contributed by atoms with Crippen molar-refractivity contribution in [2.45, 2.75) is 30.2 Å². The molecule has 0 spiro atoms. The second-order valence-electron chi connectivity index (χ2n) is 7.35. The van der Waals surface area contributed by atoms with E-state index in [2.05, 4.69) is 10.5 Å². The number of para-hydroxylation sites is 1. The van der Waals surface area contributed by atoms with Gasteiger partial charge in [-0.2, -0.15) is 4.31 Å². The molecular formula is C22H22ClN3O5S. The van der Waals surface area contributed by atoms with Crippen LogP contribution in [0.2, 0.25) is 5.02 Å². The number of amides is 1. The number of hydrogen-bond donors (Lipinski definition) is 1. The van der Waals surface area contributed by atoms with Gasteiger partial charge in [0.1, 0.15) is 5.75 Å². The average Bonchev–Trinajstić information content (AvgIpc) is 3.31. The van der Waals surface area contributed by atoms with Gasteiger partial charge in [-0.05, 0) is 49.2 Å². The van der Waals surface area contributed by atoms with Crippen molar-refractivity contribution in [1.82, 2.24) is 9.46 Å². The minimum atomic E-state index is -3.78. The Morgan fingerprint density at radius 1 is 1.19 bits per heavy atom. The lowest BCUT2D eigenvalue weighted by Crippen LogP contribution is -2.38. The van der Waals surface area contributed by atoms with Crippen LogP contribution < -0.4 is 10.1 Å². The van der Waals surface area contributed by atoms with E-state index in [1.165, 1.54) is 29.6 Å². The number of piperidine rings is 1. The highest BCUT2D eigenvalue weighted by molar-refractivity contribution is 7.89. The molecule has 10 heteroatoms. The monoisotopic (exact) mass is 475 g/mol. The highest BCUT2D eigenvalue weighted by Gasteiger charge is 2.37. The van der Waals surface area contributed by atoms with Crippen LogP contribution in [-0.2, 0) is 10.0 Å². The number of hydrogen-bond acceptors (Lipinski definition) is 6. The molecule has 1 saturated heterocycles. The van der Waals surface area contributed by atoms with Crippen LogP contribution in [0.3, 0.4) is 0 Å². The van der Waals surface area contributed by atoms with Crippen molar-refractivity contribution in [3.05, 3.63) is 71.1 Å². The van der Waals surface area contributed by atoms with Gasteiger partial charge in [0.15, 0.2) is 11.5 Å². The zero-order valence-electron chi connectivity index (χ0n) is 17.3. The third-order valence-electron chi connectivity index (χ3n) is 5.33. The molecule has 3 aromatic rings. The van der Waals surface area contributed by atoms with Crippen molar-refractivity contribution in [3.63, 3.8) is 0 Å². The van der Waals surface area contributed by atoms with Gasteiger partial charge >= 0.3 is 0 Å². The van der Waals surface area contributed by atoms with Gasteiger partial charge in [-0.15, -0.1) is 0 Å². The van der Waals surface area contributed by atoms with Crippen LogP contribution in [-0.4, -0.2) is 37.4 Å². The van der Waals surface area contributed by atoms with Gasteiger partial charge in [0.2, 0.25) is 10.0 Å². The number of halogens is 1. The molecule has 2 aromatic carbocycles. The van der Waals surface area contributed by atoms with Gasteiger partial charge < -0.3 is 14.6 Å². The molecule has 0 bridgehead atoms. The number of benzene rings is 2. The Kier molecular flexibility index (Phi) is 6.50. The van der Waals surface area contributed by atoms with Gasteiger partial charge in [0, 0.05) is 12.6 Å². The van der Waals surface area contributed by atoms with Crippen LogP contribution in [0.5, 0.6) is 5.75 Å². The third kappa shape index (κ3) is 4.50. The van der Waals surface area contributed by atoms with E-state index >= 15 is 0 Å². The molecule has 8 nitrogen and oxygen atoms in total. The van der Waals surface area contributed by atoms with Gasteiger partial charge in [-0.1, -0.05) is 35.3 Å². The number of rotatable bonds is 6. The number of methoxy groups -OCH3 is 1. The molecule has 0 aliphatic carbocycles. The molecule has 1 atom stereocenters. The number of nitrogens with one attached hydrogen (secondary N) is 1. The molecule has 2 heterocycles. The Hall–Kier alpha value is -2.88. The normalized spacial score (nSPS) is 17.1. The predicted molar refractivity (Wildman–Crippen MR) is 119 cm³/mol. The number of carbonyl (C=O) groups excluding carboxylic acids is 1. The Morgan fingerprint density at radius 3 is 2.66 bits per heavy atom. The fraction of sp³-hybridized carbons (Fsp3) is 0.273. The second kappa shape index (κ2) is 9.32. The summed E-state index contributed by atoms with van der Waals surface area (Å²) >= 11 is 6.09. The van der Waals surface area contributed by atoms with Crippen molar-refractivity contribution in [2.75, 3.05) is 19.0 Å². The Balaban J connectivity index is 1.57. The summed E-state index contributed by atoms with van der Waals surface area (Å²) in [6.45, 7) is 0.348. The highest BCUT2D eigenvalue weighted by Crippen LogP contribution is 2.36. The van der Waals surface area contributed by atoms with Crippen LogP contribution >= 0.6 is 11.6 Å². The topological polar surface area (TPSA) is 102 Å². The summed E-state index contributed by atoms with van der Waals surface area (Å²) in [4.78, 5) is 12.8. The highest BCUT2D eigenvalue weighted by atomic mass is 35.5. The summed E-state index contributed by atoms with van der Waals surface area (Å²) < 4.78 is 38.6. The van der Waals surface area contributed by atoms with Crippen LogP contribution in [0.4, 0.5) is 5.69 Å². The van der Waals surface area contributed by atoms with Crippen molar-refractivity contribution in [1.29, 1.82) is 0 Å². The van der Waals surface area contributed by atoms with Crippen molar-refractivity contribution in [3.8, 4) is 5.75 Å². The van der Waals surface area contributed by atoms with Gasteiger partial charge in [-0.25, -0.2) is 8.42 Å². The smallest absolute Gasteiger partial charge is 0.277 e. The van der Waals surface area contributed by atoms with Crippen molar-refractivity contribution in [2.24, 2.45) is 0 Å². The molecular weight excluding hydrogens is 454 g/mol. The maximum atomic E-state index is 13.3. The summed E-state index contributed by atoms with van der Waals surface area (Å²) in [6.07, 6.45) is 2.14. The van der Waals surface area contributed by atoms with Crippen LogP contribution in [0.15, 0.2) is 64.0 Å². The minimum absolute atomic E-state index is 0.0484. The molecule has 1 amide bonds. The molecule has 1 aliphatic rings. The van der Waals surface area contributed by atoms with Crippen molar-refractivity contribution >= 4 is 33.2 Å². The molecule has 1 aliphatic heterocycles. The molecule has 0 saturated carbocycles. The summed E-state index contributed by atoms with van der Waals surface area (Å²) in [7, 11) is -2.26. The fourth-order valence-corrected chi connectivity index (χ4v) is 5.51. The number of anilines is 1. The standard InChI is InChI=1S/C22H22ClN3O5S/c1-30-15-9-11-16(12-10-15)32(28,29)26-13-5-4-8-20(26)21-14-19(25-31-21)22(27)24-18-7-3-2-6-17(18)23/h2-3,6-7,9-12,14,20H,4-5,8,13H2,1H3,(H,24,27). The molecule has 1 N–H and O–H groups in total. The van der Waals surface area contributed by atoms with E-state index in [4.69, 9.17) is 20.9 Å². The lowest BCUT2D eigenvalue weighted by molar-refractivity contribution is 0.101. The van der Waals surface area contributed by atoms with E-state index in [-0.39, 0.29) is 10.6 Å². The third-order valence-corrected chi connectivity index (χ3v) is 7.58. The molecule has 4 rings (SSSR count). The lowest BCUT2D eigenvalue weighted by Gasteiger charge is -2.33. The predicted octanol–water partition coefficient (Wildman–Crippen LogP) is 4.50. The largest absolute Gasteiger partial charge is 0.497 e. The molecule has 0 radical (unpaired) electrons. The number of aromatic nitrogens is 1. The zero-order valence-corrected chi connectivity index (χ0v) is 18.9. The number of sulfonamides is 1. The Bertz CT molecular complexity index is 1210. The summed E-state index contributed by atoms with van der Waals surface area (Å²) in [5, 5.41) is 6.94. The summed E-state index contributed by atoms with van der Waals surface area (Å²) in [5.74, 6) is 0.406. The molecule has 32 heavy (non-hydrogen) atoms. The minimum Gasteiger partial charge on any atom is -0.497 e. The first-order valence-corrected chi connectivity index (χ1v) is 11.9. The summed E-state index contributed by atoms with van der Waals surface area (Å²) in [5.41, 5.74) is 0.498. The second-order valence-corrected chi connectivity index (χ2v) is 9.65. The molecule has 1 unspecified atom stereocenters. The van der Waals surface area contributed by atoms with Crippen LogP contribution in [0.1, 0.15) is 41.6 Å².